The molecule has 0 spiro atoms. The zero-order valence-electron chi connectivity index (χ0n) is 20.9. The second kappa shape index (κ2) is 9.75. The summed E-state index contributed by atoms with van der Waals surface area (Å²) in [5, 5.41) is 8.28. The number of aromatic nitrogens is 4. The molecule has 0 bridgehead atoms. The van der Waals surface area contributed by atoms with E-state index in [-0.39, 0.29) is 4.90 Å². The lowest BCUT2D eigenvalue weighted by molar-refractivity contribution is 0.471. The van der Waals surface area contributed by atoms with Crippen molar-refractivity contribution in [1.82, 2.24) is 23.9 Å². The molecule has 0 atom stereocenters. The number of pyridine rings is 1. The number of hydrogen-bond acceptors (Lipinski definition) is 7. The highest BCUT2D eigenvalue weighted by Gasteiger charge is 2.28. The molecule has 1 saturated carbocycles. The lowest BCUT2D eigenvalue weighted by Crippen LogP contribution is -2.29. The van der Waals surface area contributed by atoms with Crippen LogP contribution in [-0.4, -0.2) is 59.0 Å². The number of nitrogens with one attached hydrogen (secondary N) is 1. The maximum Gasteiger partial charge on any atom is 0.242 e. The highest BCUT2D eigenvalue weighted by atomic mass is 32.2. The standard InChI is InChI=1S/C27H31N7O2S/c1-32(17-13-21-6-2-3-14-28-21)37(35,36)23-11-9-22(10-12-23)29-27-19-25(33-15-4-5-16-33)30-26-18-24(20-7-8-20)31-34(26)27/h2-3,6,9-12,14,18-20,29H,4-5,7-8,13,15-17H2,1H3. The number of likely N-dealkylation sites (N-methyl/N-ethyl adjacent to an activating group) is 1. The van der Waals surface area contributed by atoms with Crippen LogP contribution in [0.5, 0.6) is 0 Å². The molecule has 0 amide bonds. The number of fused-ring (bicyclic) bond motifs is 1. The highest BCUT2D eigenvalue weighted by Crippen LogP contribution is 2.40. The summed E-state index contributed by atoms with van der Waals surface area (Å²) < 4.78 is 29.5. The van der Waals surface area contributed by atoms with Crippen LogP contribution in [0, 0.1) is 0 Å². The van der Waals surface area contributed by atoms with Gasteiger partial charge in [0.15, 0.2) is 5.65 Å². The monoisotopic (exact) mass is 517 g/mol. The molecule has 37 heavy (non-hydrogen) atoms. The molecule has 4 aromatic rings. The predicted octanol–water partition coefficient (Wildman–Crippen LogP) is 4.21. The fourth-order valence-electron chi connectivity index (χ4n) is 4.73. The second-order valence-electron chi connectivity index (χ2n) is 9.85. The van der Waals surface area contributed by atoms with E-state index in [0.717, 1.165) is 47.4 Å². The molecule has 1 aliphatic heterocycles. The van der Waals surface area contributed by atoms with Crippen molar-refractivity contribution in [3.63, 3.8) is 0 Å². The molecule has 2 aliphatic rings. The fraction of sp³-hybridized carbons (Fsp3) is 0.370. The molecule has 2 fully saturated rings. The Morgan fingerprint density at radius 2 is 1.84 bits per heavy atom. The summed E-state index contributed by atoms with van der Waals surface area (Å²) in [7, 11) is -2.00. The fourth-order valence-corrected chi connectivity index (χ4v) is 5.90. The zero-order valence-corrected chi connectivity index (χ0v) is 21.7. The van der Waals surface area contributed by atoms with Crippen LogP contribution >= 0.6 is 0 Å². The summed E-state index contributed by atoms with van der Waals surface area (Å²) >= 11 is 0. The molecule has 192 valence electrons. The van der Waals surface area contributed by atoms with Crippen molar-refractivity contribution in [2.45, 2.75) is 42.9 Å². The number of benzene rings is 1. The third kappa shape index (κ3) is 5.03. The number of anilines is 3. The molecule has 1 N–H and O–H groups in total. The minimum atomic E-state index is -3.61. The van der Waals surface area contributed by atoms with Crippen LogP contribution in [-0.2, 0) is 16.4 Å². The molecule has 3 aromatic heterocycles. The highest BCUT2D eigenvalue weighted by molar-refractivity contribution is 7.89. The Morgan fingerprint density at radius 3 is 2.54 bits per heavy atom. The summed E-state index contributed by atoms with van der Waals surface area (Å²) in [6.07, 6.45) is 6.98. The average Bonchev–Trinajstić information content (AvgIpc) is 3.43. The smallest absolute Gasteiger partial charge is 0.242 e. The third-order valence-electron chi connectivity index (χ3n) is 7.10. The Kier molecular flexibility index (Phi) is 6.29. The van der Waals surface area contributed by atoms with Crippen molar-refractivity contribution in [3.8, 4) is 0 Å². The molecular formula is C27H31N7O2S. The summed E-state index contributed by atoms with van der Waals surface area (Å²) in [4.78, 5) is 11.7. The minimum Gasteiger partial charge on any atom is -0.356 e. The quantitative estimate of drug-likeness (QED) is 0.355. The van der Waals surface area contributed by atoms with Gasteiger partial charge in [-0.25, -0.2) is 17.7 Å². The van der Waals surface area contributed by atoms with E-state index in [0.29, 0.717) is 18.9 Å². The van der Waals surface area contributed by atoms with Gasteiger partial charge in [-0.05, 0) is 62.1 Å². The Balaban J connectivity index is 1.22. The van der Waals surface area contributed by atoms with Crippen LogP contribution in [0.3, 0.4) is 0 Å². The summed E-state index contributed by atoms with van der Waals surface area (Å²) in [5.41, 5.74) is 3.58. The first-order valence-corrected chi connectivity index (χ1v) is 14.3. The number of sulfonamides is 1. The van der Waals surface area contributed by atoms with Gasteiger partial charge < -0.3 is 10.2 Å². The normalized spacial score (nSPS) is 16.1. The Bertz CT molecular complexity index is 1490. The minimum absolute atomic E-state index is 0.259. The summed E-state index contributed by atoms with van der Waals surface area (Å²) in [6, 6.07) is 16.7. The van der Waals surface area contributed by atoms with Crippen molar-refractivity contribution in [1.29, 1.82) is 0 Å². The van der Waals surface area contributed by atoms with E-state index in [1.165, 1.54) is 30.0 Å². The van der Waals surface area contributed by atoms with Gasteiger partial charge in [-0.3, -0.25) is 4.98 Å². The van der Waals surface area contributed by atoms with Crippen LogP contribution in [0.4, 0.5) is 17.3 Å². The van der Waals surface area contributed by atoms with E-state index in [4.69, 9.17) is 10.1 Å². The van der Waals surface area contributed by atoms with Crippen LogP contribution in [0.15, 0.2) is 65.7 Å². The van der Waals surface area contributed by atoms with Gasteiger partial charge in [0, 0.05) is 68.7 Å². The van der Waals surface area contributed by atoms with Crippen molar-refractivity contribution in [2.75, 3.05) is 36.9 Å². The van der Waals surface area contributed by atoms with Crippen LogP contribution < -0.4 is 10.2 Å². The van der Waals surface area contributed by atoms with Gasteiger partial charge in [-0.15, -0.1) is 0 Å². The number of hydrogen-bond donors (Lipinski definition) is 1. The van der Waals surface area contributed by atoms with Crippen molar-refractivity contribution in [2.24, 2.45) is 0 Å². The molecule has 4 heterocycles. The van der Waals surface area contributed by atoms with Gasteiger partial charge in [0.2, 0.25) is 10.0 Å². The van der Waals surface area contributed by atoms with Crippen LogP contribution in [0.1, 0.15) is 43.0 Å². The molecule has 1 aromatic carbocycles. The van der Waals surface area contributed by atoms with Gasteiger partial charge in [-0.2, -0.15) is 9.61 Å². The number of nitrogens with zero attached hydrogens (tertiary/aromatic N) is 6. The van der Waals surface area contributed by atoms with E-state index >= 15 is 0 Å². The Labute approximate surface area is 217 Å². The first kappa shape index (κ1) is 23.9. The molecule has 0 radical (unpaired) electrons. The zero-order chi connectivity index (χ0) is 25.4. The topological polar surface area (TPSA) is 95.7 Å². The lowest BCUT2D eigenvalue weighted by atomic mass is 10.3. The first-order valence-electron chi connectivity index (χ1n) is 12.9. The van der Waals surface area contributed by atoms with Crippen molar-refractivity contribution >= 4 is 33.0 Å². The van der Waals surface area contributed by atoms with Gasteiger partial charge >= 0.3 is 0 Å². The molecule has 1 aliphatic carbocycles. The first-order chi connectivity index (χ1) is 18.0. The Hall–Kier alpha value is -3.50. The average molecular weight is 518 g/mol. The van der Waals surface area contributed by atoms with E-state index in [9.17, 15) is 8.42 Å². The molecule has 6 rings (SSSR count). The molecule has 9 nitrogen and oxygen atoms in total. The maximum absolute atomic E-state index is 13.1. The van der Waals surface area contributed by atoms with Crippen molar-refractivity contribution < 1.29 is 8.42 Å². The van der Waals surface area contributed by atoms with Gasteiger partial charge in [0.05, 0.1) is 10.6 Å². The van der Waals surface area contributed by atoms with E-state index < -0.39 is 10.0 Å². The van der Waals surface area contributed by atoms with Crippen LogP contribution in [0.25, 0.3) is 5.65 Å². The largest absolute Gasteiger partial charge is 0.356 e. The molecule has 1 saturated heterocycles. The molecule has 10 heteroatoms. The predicted molar refractivity (Wildman–Crippen MR) is 144 cm³/mol. The Morgan fingerprint density at radius 1 is 1.05 bits per heavy atom. The maximum atomic E-state index is 13.1. The van der Waals surface area contributed by atoms with E-state index in [1.807, 2.05) is 28.8 Å². The SMILES string of the molecule is CN(CCc1ccccn1)S(=O)(=O)c1ccc(Nc2cc(N3CCCC3)nc3cc(C4CC4)nn23)cc1. The van der Waals surface area contributed by atoms with Crippen LogP contribution in [0.2, 0.25) is 0 Å². The summed E-state index contributed by atoms with van der Waals surface area (Å²) in [5.74, 6) is 2.30. The second-order valence-corrected chi connectivity index (χ2v) is 11.9. The van der Waals surface area contributed by atoms with Crippen molar-refractivity contribution in [3.05, 3.63) is 72.2 Å². The molecule has 0 unspecified atom stereocenters. The van der Waals surface area contributed by atoms with Gasteiger partial charge in [0.1, 0.15) is 11.6 Å². The van der Waals surface area contributed by atoms with Gasteiger partial charge in [0.25, 0.3) is 0 Å². The molecular weight excluding hydrogens is 486 g/mol. The van der Waals surface area contributed by atoms with E-state index in [1.54, 1.807) is 37.5 Å². The van der Waals surface area contributed by atoms with E-state index in [2.05, 4.69) is 21.3 Å². The van der Waals surface area contributed by atoms with Gasteiger partial charge in [-0.1, -0.05) is 6.07 Å². The number of rotatable bonds is 9. The summed E-state index contributed by atoms with van der Waals surface area (Å²) in [6.45, 7) is 2.37. The lowest BCUT2D eigenvalue weighted by Gasteiger charge is -2.19. The third-order valence-corrected chi connectivity index (χ3v) is 8.97.